The van der Waals surface area contributed by atoms with Crippen LogP contribution in [0.4, 0.5) is 5.82 Å². The quantitative estimate of drug-likeness (QED) is 0.643. The van der Waals surface area contributed by atoms with Gasteiger partial charge >= 0.3 is 0 Å². The van der Waals surface area contributed by atoms with Gasteiger partial charge in [-0.2, -0.15) is 10.1 Å². The van der Waals surface area contributed by atoms with Crippen LogP contribution in [0.15, 0.2) is 12.5 Å². The Kier molecular flexibility index (Phi) is 4.11. The summed E-state index contributed by atoms with van der Waals surface area (Å²) in [5.74, 6) is 1.41. The second kappa shape index (κ2) is 5.79. The minimum atomic E-state index is 0.173. The van der Waals surface area contributed by atoms with Crippen molar-refractivity contribution in [3.8, 4) is 0 Å². The van der Waals surface area contributed by atoms with E-state index in [9.17, 15) is 0 Å². The second-order valence-corrected chi connectivity index (χ2v) is 4.04. The first kappa shape index (κ1) is 12.1. The van der Waals surface area contributed by atoms with Crippen molar-refractivity contribution in [3.63, 3.8) is 0 Å². The number of hydrogen-bond acceptors (Lipinski definition) is 5. The Morgan fingerprint density at radius 3 is 2.94 bits per heavy atom. The molecule has 0 radical (unpaired) electrons. The summed E-state index contributed by atoms with van der Waals surface area (Å²) < 4.78 is 0. The molecule has 0 saturated carbocycles. The van der Waals surface area contributed by atoms with Gasteiger partial charge in [0.25, 0.3) is 0 Å². The Hall–Kier alpha value is -1.40. The predicted octanol–water partition coefficient (Wildman–Crippen LogP) is 1.95. The first-order chi connectivity index (χ1) is 8.25. The van der Waals surface area contributed by atoms with Crippen molar-refractivity contribution < 1.29 is 0 Å². The number of hydrogen-bond donors (Lipinski definition) is 2. The van der Waals surface area contributed by atoms with Crippen molar-refractivity contribution in [3.05, 3.63) is 28.7 Å². The molecule has 0 atom stereocenters. The average Bonchev–Trinajstić information content (AvgIpc) is 2.82. The number of halogens is 2. The van der Waals surface area contributed by atoms with Gasteiger partial charge < -0.3 is 5.32 Å². The lowest BCUT2D eigenvalue weighted by atomic mass is 10.3. The maximum Gasteiger partial charge on any atom is 0.224 e. The van der Waals surface area contributed by atoms with E-state index in [0.29, 0.717) is 17.4 Å². The van der Waals surface area contributed by atoms with E-state index in [1.54, 1.807) is 0 Å². The summed E-state index contributed by atoms with van der Waals surface area (Å²) in [6.45, 7) is 0.716. The highest BCUT2D eigenvalue weighted by Gasteiger charge is 2.03. The minimum Gasteiger partial charge on any atom is -0.369 e. The third-order valence-electron chi connectivity index (χ3n) is 2.06. The van der Waals surface area contributed by atoms with Crippen LogP contribution in [0.25, 0.3) is 0 Å². The maximum atomic E-state index is 5.90. The standard InChI is InChI=1S/C9H10Cl2N6/c10-6-4-13-9(11)16-8(6)12-3-1-2-7-14-5-15-17-7/h4-5H,1-3H2,(H,12,13,16)(H,14,15,17). The zero-order chi connectivity index (χ0) is 12.1. The van der Waals surface area contributed by atoms with E-state index < -0.39 is 0 Å². The zero-order valence-corrected chi connectivity index (χ0v) is 10.3. The fourth-order valence-corrected chi connectivity index (χ4v) is 1.57. The fraction of sp³-hybridized carbons (Fsp3) is 0.333. The summed E-state index contributed by atoms with van der Waals surface area (Å²) in [4.78, 5) is 11.8. The van der Waals surface area contributed by atoms with Crippen molar-refractivity contribution in [2.75, 3.05) is 11.9 Å². The lowest BCUT2D eigenvalue weighted by Crippen LogP contribution is -2.06. The first-order valence-electron chi connectivity index (χ1n) is 5.02. The van der Waals surface area contributed by atoms with Gasteiger partial charge in [0.2, 0.25) is 5.28 Å². The molecule has 0 bridgehead atoms. The van der Waals surface area contributed by atoms with Gasteiger partial charge in [-0.05, 0) is 18.0 Å². The van der Waals surface area contributed by atoms with Crippen LogP contribution in [0.2, 0.25) is 10.3 Å². The molecule has 0 spiro atoms. The summed E-state index contributed by atoms with van der Waals surface area (Å²) in [6, 6.07) is 0. The van der Waals surface area contributed by atoms with Gasteiger partial charge in [-0.3, -0.25) is 5.10 Å². The molecule has 0 aliphatic carbocycles. The van der Waals surface area contributed by atoms with Crippen LogP contribution in [0.3, 0.4) is 0 Å². The summed E-state index contributed by atoms with van der Waals surface area (Å²) in [6.07, 6.45) is 4.65. The SMILES string of the molecule is Clc1ncc(Cl)c(NCCCc2ncn[nH]2)n1. The van der Waals surface area contributed by atoms with Crippen molar-refractivity contribution >= 4 is 29.0 Å². The highest BCUT2D eigenvalue weighted by atomic mass is 35.5. The van der Waals surface area contributed by atoms with Gasteiger partial charge in [-0.1, -0.05) is 11.6 Å². The topological polar surface area (TPSA) is 79.4 Å². The van der Waals surface area contributed by atoms with Crippen molar-refractivity contribution in [1.29, 1.82) is 0 Å². The Bertz CT molecular complexity index is 472. The Balaban J connectivity index is 1.80. The summed E-state index contributed by atoms with van der Waals surface area (Å²) in [5, 5.41) is 10.3. The van der Waals surface area contributed by atoms with Crippen LogP contribution >= 0.6 is 23.2 Å². The van der Waals surface area contributed by atoms with Crippen LogP contribution < -0.4 is 5.32 Å². The van der Waals surface area contributed by atoms with Crippen molar-refractivity contribution in [2.45, 2.75) is 12.8 Å². The van der Waals surface area contributed by atoms with Gasteiger partial charge in [0.05, 0.1) is 6.20 Å². The fourth-order valence-electron chi connectivity index (χ4n) is 1.28. The molecule has 17 heavy (non-hydrogen) atoms. The molecule has 0 saturated heterocycles. The monoisotopic (exact) mass is 272 g/mol. The van der Waals surface area contributed by atoms with Crippen LogP contribution in [-0.4, -0.2) is 31.7 Å². The van der Waals surface area contributed by atoms with Crippen LogP contribution in [-0.2, 0) is 6.42 Å². The molecule has 0 aliphatic heterocycles. The number of rotatable bonds is 5. The molecule has 90 valence electrons. The van der Waals surface area contributed by atoms with Gasteiger partial charge in [0.15, 0.2) is 0 Å². The maximum absolute atomic E-state index is 5.90. The van der Waals surface area contributed by atoms with E-state index in [1.807, 2.05) is 0 Å². The highest BCUT2D eigenvalue weighted by molar-refractivity contribution is 6.33. The predicted molar refractivity (Wildman–Crippen MR) is 65.2 cm³/mol. The Morgan fingerprint density at radius 2 is 2.18 bits per heavy atom. The van der Waals surface area contributed by atoms with Crippen LogP contribution in [0.5, 0.6) is 0 Å². The van der Waals surface area contributed by atoms with Gasteiger partial charge in [-0.15, -0.1) is 0 Å². The number of nitrogens with one attached hydrogen (secondary N) is 2. The lowest BCUT2D eigenvalue weighted by Gasteiger charge is -2.06. The Labute approximate surface area is 108 Å². The second-order valence-electron chi connectivity index (χ2n) is 3.30. The molecule has 8 heteroatoms. The van der Waals surface area contributed by atoms with E-state index in [2.05, 4.69) is 30.5 Å². The van der Waals surface area contributed by atoms with E-state index in [1.165, 1.54) is 12.5 Å². The average molecular weight is 273 g/mol. The number of aryl methyl sites for hydroxylation is 1. The van der Waals surface area contributed by atoms with Gasteiger partial charge in [-0.25, -0.2) is 9.97 Å². The van der Waals surface area contributed by atoms with Crippen molar-refractivity contribution in [2.24, 2.45) is 0 Å². The normalized spacial score (nSPS) is 10.5. The van der Waals surface area contributed by atoms with Crippen LogP contribution in [0, 0.1) is 0 Å². The van der Waals surface area contributed by atoms with Crippen molar-refractivity contribution in [1.82, 2.24) is 25.1 Å². The van der Waals surface area contributed by atoms with Gasteiger partial charge in [0.1, 0.15) is 23.0 Å². The third-order valence-corrected chi connectivity index (χ3v) is 2.52. The zero-order valence-electron chi connectivity index (χ0n) is 8.82. The van der Waals surface area contributed by atoms with E-state index in [-0.39, 0.29) is 5.28 Å². The molecular formula is C9H10Cl2N6. The number of nitrogens with zero attached hydrogens (tertiary/aromatic N) is 4. The molecule has 0 aromatic carbocycles. The van der Waals surface area contributed by atoms with E-state index in [4.69, 9.17) is 23.2 Å². The molecule has 2 rings (SSSR count). The molecule has 0 amide bonds. The molecule has 6 nitrogen and oxygen atoms in total. The molecule has 2 heterocycles. The smallest absolute Gasteiger partial charge is 0.224 e. The molecule has 0 aliphatic rings. The van der Waals surface area contributed by atoms with E-state index >= 15 is 0 Å². The molecule has 0 fully saturated rings. The minimum absolute atomic E-state index is 0.173. The van der Waals surface area contributed by atoms with Crippen LogP contribution in [0.1, 0.15) is 12.2 Å². The number of aromatic nitrogens is 5. The largest absolute Gasteiger partial charge is 0.369 e. The third kappa shape index (κ3) is 3.54. The summed E-state index contributed by atoms with van der Waals surface area (Å²) >= 11 is 11.6. The molecular weight excluding hydrogens is 263 g/mol. The number of anilines is 1. The van der Waals surface area contributed by atoms with E-state index in [0.717, 1.165) is 18.7 Å². The summed E-state index contributed by atoms with van der Waals surface area (Å²) in [5.41, 5.74) is 0. The highest BCUT2D eigenvalue weighted by Crippen LogP contribution is 2.19. The number of H-pyrrole nitrogens is 1. The first-order valence-corrected chi connectivity index (χ1v) is 5.77. The lowest BCUT2D eigenvalue weighted by molar-refractivity contribution is 0.803. The number of aromatic amines is 1. The van der Waals surface area contributed by atoms with Gasteiger partial charge in [0, 0.05) is 13.0 Å². The Morgan fingerprint density at radius 1 is 1.29 bits per heavy atom. The summed E-state index contributed by atoms with van der Waals surface area (Å²) in [7, 11) is 0. The molecule has 0 unspecified atom stereocenters. The molecule has 2 N–H and O–H groups in total. The molecule has 2 aromatic heterocycles. The molecule has 2 aromatic rings.